The lowest BCUT2D eigenvalue weighted by Gasteiger charge is -2.20. The van der Waals surface area contributed by atoms with Crippen molar-refractivity contribution in [1.29, 1.82) is 0 Å². The van der Waals surface area contributed by atoms with Gasteiger partial charge in [-0.15, -0.1) is 0 Å². The van der Waals surface area contributed by atoms with Crippen LogP contribution in [-0.4, -0.2) is 29.8 Å². The largest absolute Gasteiger partial charge is 0.465 e. The Bertz CT molecular complexity index is 624. The fraction of sp³-hybridized carbons (Fsp3) is 0.556. The SMILES string of the molecule is COC(=O)C=C=C(CC(C)C)N1C(=O)C2C3C=CC(C3)C2C1=O. The van der Waals surface area contributed by atoms with E-state index in [1.807, 2.05) is 13.8 Å². The molecule has 0 spiro atoms. The first-order valence-electron chi connectivity index (χ1n) is 8.03. The van der Waals surface area contributed by atoms with Gasteiger partial charge in [0, 0.05) is 0 Å². The molecule has 1 saturated heterocycles. The number of allylic oxidation sites excluding steroid dienone is 2. The van der Waals surface area contributed by atoms with Gasteiger partial charge in [-0.05, 0) is 30.6 Å². The van der Waals surface area contributed by atoms with Crippen LogP contribution >= 0.6 is 0 Å². The Morgan fingerprint density at radius 2 is 1.87 bits per heavy atom. The molecule has 2 aliphatic carbocycles. The molecule has 1 heterocycles. The number of nitrogens with zero attached hydrogens (tertiary/aromatic N) is 1. The van der Waals surface area contributed by atoms with Crippen LogP contribution in [0.1, 0.15) is 26.7 Å². The molecule has 0 aromatic carbocycles. The third kappa shape index (κ3) is 2.55. The molecule has 1 saturated carbocycles. The van der Waals surface area contributed by atoms with Crippen LogP contribution in [0.5, 0.6) is 0 Å². The Morgan fingerprint density at radius 3 is 2.35 bits per heavy atom. The van der Waals surface area contributed by atoms with Gasteiger partial charge >= 0.3 is 5.97 Å². The molecule has 5 nitrogen and oxygen atoms in total. The molecule has 0 aromatic rings. The van der Waals surface area contributed by atoms with Gasteiger partial charge in [0.25, 0.3) is 0 Å². The van der Waals surface area contributed by atoms with Crippen LogP contribution in [0, 0.1) is 29.6 Å². The number of amides is 2. The van der Waals surface area contributed by atoms with Crippen molar-refractivity contribution in [2.75, 3.05) is 7.11 Å². The minimum atomic E-state index is -0.549. The summed E-state index contributed by atoms with van der Waals surface area (Å²) in [5.41, 5.74) is 3.29. The summed E-state index contributed by atoms with van der Waals surface area (Å²) in [6, 6.07) is 0. The fourth-order valence-electron chi connectivity index (χ4n) is 3.97. The molecular weight excluding hydrogens is 294 g/mol. The molecule has 0 N–H and O–H groups in total. The summed E-state index contributed by atoms with van der Waals surface area (Å²) in [6.45, 7) is 3.99. The molecule has 2 amide bonds. The van der Waals surface area contributed by atoms with Gasteiger partial charge in [-0.3, -0.25) is 9.59 Å². The van der Waals surface area contributed by atoms with Crippen LogP contribution in [0.25, 0.3) is 0 Å². The lowest BCUT2D eigenvalue weighted by Crippen LogP contribution is -2.32. The summed E-state index contributed by atoms with van der Waals surface area (Å²) in [7, 11) is 1.28. The minimum Gasteiger partial charge on any atom is -0.465 e. The Balaban J connectivity index is 1.94. The number of fused-ring (bicyclic) bond motifs is 5. The van der Waals surface area contributed by atoms with Crippen LogP contribution in [0.15, 0.2) is 29.7 Å². The molecular formula is C18H21NO4. The van der Waals surface area contributed by atoms with E-state index in [1.165, 1.54) is 12.0 Å². The smallest absolute Gasteiger partial charge is 0.338 e. The van der Waals surface area contributed by atoms with Gasteiger partial charge in [0.1, 0.15) is 0 Å². The molecule has 3 rings (SSSR count). The number of carbonyl (C=O) groups is 3. The van der Waals surface area contributed by atoms with Crippen LogP contribution in [0.4, 0.5) is 0 Å². The standard InChI is InChI=1S/C18H21NO4/c1-10(2)8-13(6-7-14(20)23-3)19-17(21)15-11-4-5-12(9-11)16(15)18(19)22/h4-5,7,10-12,15-16H,8-9H2,1-3H3. The number of likely N-dealkylation sites (tertiary alicyclic amines) is 1. The zero-order valence-corrected chi connectivity index (χ0v) is 13.6. The van der Waals surface area contributed by atoms with Crippen molar-refractivity contribution in [3.8, 4) is 0 Å². The second-order valence-electron chi connectivity index (χ2n) is 6.87. The average molecular weight is 315 g/mol. The van der Waals surface area contributed by atoms with E-state index >= 15 is 0 Å². The van der Waals surface area contributed by atoms with E-state index in [1.54, 1.807) is 0 Å². The number of ether oxygens (including phenoxy) is 1. The number of hydrogen-bond acceptors (Lipinski definition) is 4. The maximum Gasteiger partial charge on any atom is 0.338 e. The van der Waals surface area contributed by atoms with Gasteiger partial charge in [0.05, 0.1) is 30.7 Å². The Labute approximate surface area is 135 Å². The van der Waals surface area contributed by atoms with E-state index in [4.69, 9.17) is 0 Å². The summed E-state index contributed by atoms with van der Waals surface area (Å²) in [5.74, 6) is -0.713. The number of esters is 1. The van der Waals surface area contributed by atoms with E-state index in [0.717, 1.165) is 12.5 Å². The van der Waals surface area contributed by atoms with Crippen molar-refractivity contribution in [3.05, 3.63) is 29.7 Å². The highest BCUT2D eigenvalue weighted by Gasteiger charge is 2.59. The van der Waals surface area contributed by atoms with Gasteiger partial charge in [-0.1, -0.05) is 31.7 Å². The van der Waals surface area contributed by atoms with Gasteiger partial charge in [-0.2, -0.15) is 0 Å². The maximum absolute atomic E-state index is 12.8. The maximum atomic E-state index is 12.8. The molecule has 0 radical (unpaired) electrons. The number of carbonyl (C=O) groups excluding carboxylic acids is 3. The average Bonchev–Trinajstić information content (AvgIpc) is 3.17. The van der Waals surface area contributed by atoms with Crippen LogP contribution in [0.3, 0.4) is 0 Å². The summed E-state index contributed by atoms with van der Waals surface area (Å²) in [4.78, 5) is 38.2. The highest BCUT2D eigenvalue weighted by atomic mass is 16.5. The molecule has 4 unspecified atom stereocenters. The predicted molar refractivity (Wildman–Crippen MR) is 82.6 cm³/mol. The topological polar surface area (TPSA) is 63.7 Å². The first-order chi connectivity index (χ1) is 10.9. The first-order valence-corrected chi connectivity index (χ1v) is 8.03. The molecule has 2 bridgehead atoms. The molecule has 23 heavy (non-hydrogen) atoms. The van der Waals surface area contributed by atoms with Gasteiger partial charge < -0.3 is 4.74 Å². The molecule has 122 valence electrons. The van der Waals surface area contributed by atoms with Crippen LogP contribution in [-0.2, 0) is 19.1 Å². The van der Waals surface area contributed by atoms with Gasteiger partial charge in [0.15, 0.2) is 0 Å². The zero-order valence-electron chi connectivity index (χ0n) is 13.6. The van der Waals surface area contributed by atoms with Crippen molar-refractivity contribution in [1.82, 2.24) is 4.90 Å². The van der Waals surface area contributed by atoms with Crippen molar-refractivity contribution >= 4 is 17.8 Å². The Kier molecular flexibility index (Phi) is 3.99. The number of methoxy groups -OCH3 is 1. The lowest BCUT2D eigenvalue weighted by molar-refractivity contribution is -0.139. The summed E-state index contributed by atoms with van der Waals surface area (Å²) in [5, 5.41) is 0. The second kappa shape index (κ2) is 5.82. The highest BCUT2D eigenvalue weighted by molar-refractivity contribution is 6.08. The Morgan fingerprint density at radius 1 is 1.30 bits per heavy atom. The summed E-state index contributed by atoms with van der Waals surface area (Å²) < 4.78 is 4.57. The molecule has 5 heteroatoms. The summed E-state index contributed by atoms with van der Waals surface area (Å²) in [6.07, 6.45) is 6.70. The van der Waals surface area contributed by atoms with Crippen molar-refractivity contribution in [2.45, 2.75) is 26.7 Å². The number of rotatable bonds is 4. The monoisotopic (exact) mass is 315 g/mol. The third-order valence-electron chi connectivity index (χ3n) is 4.90. The molecule has 4 atom stereocenters. The van der Waals surface area contributed by atoms with Crippen molar-refractivity contribution in [3.63, 3.8) is 0 Å². The van der Waals surface area contributed by atoms with E-state index in [0.29, 0.717) is 12.1 Å². The fourth-order valence-corrected chi connectivity index (χ4v) is 3.97. The van der Waals surface area contributed by atoms with Crippen molar-refractivity contribution in [2.24, 2.45) is 29.6 Å². The minimum absolute atomic E-state index is 0.140. The van der Waals surface area contributed by atoms with Gasteiger partial charge in [-0.25, -0.2) is 9.69 Å². The van der Waals surface area contributed by atoms with Crippen molar-refractivity contribution < 1.29 is 19.1 Å². The molecule has 2 fully saturated rings. The number of hydrogen-bond donors (Lipinski definition) is 0. The second-order valence-corrected chi connectivity index (χ2v) is 6.87. The Hall–Kier alpha value is -2.13. The van der Waals surface area contributed by atoms with E-state index in [-0.39, 0.29) is 41.4 Å². The molecule has 3 aliphatic rings. The van der Waals surface area contributed by atoms with E-state index in [9.17, 15) is 14.4 Å². The first kappa shape index (κ1) is 15.8. The number of imide groups is 1. The van der Waals surface area contributed by atoms with E-state index in [2.05, 4.69) is 22.6 Å². The van der Waals surface area contributed by atoms with Crippen LogP contribution in [0.2, 0.25) is 0 Å². The highest BCUT2D eigenvalue weighted by Crippen LogP contribution is 2.53. The van der Waals surface area contributed by atoms with E-state index < -0.39 is 5.97 Å². The molecule has 1 aliphatic heterocycles. The normalized spacial score (nSPS) is 30.7. The summed E-state index contributed by atoms with van der Waals surface area (Å²) >= 11 is 0. The zero-order chi connectivity index (χ0) is 16.7. The quantitative estimate of drug-likeness (QED) is 0.262. The third-order valence-corrected chi connectivity index (χ3v) is 4.90. The lowest BCUT2D eigenvalue weighted by atomic mass is 9.85. The molecule has 0 aromatic heterocycles. The van der Waals surface area contributed by atoms with Gasteiger partial charge in [0.2, 0.25) is 11.8 Å². The van der Waals surface area contributed by atoms with Crippen LogP contribution < -0.4 is 0 Å². The predicted octanol–water partition coefficient (Wildman–Crippen LogP) is 2.05.